The molecule has 0 bridgehead atoms. The number of benzene rings is 1. The first kappa shape index (κ1) is 14.5. The van der Waals surface area contributed by atoms with E-state index in [0.717, 1.165) is 12.8 Å². The molecule has 1 aromatic carbocycles. The van der Waals surface area contributed by atoms with E-state index in [-0.39, 0.29) is 11.8 Å². The summed E-state index contributed by atoms with van der Waals surface area (Å²) in [5, 5.41) is 0. The number of amides is 1. The van der Waals surface area contributed by atoms with Crippen LogP contribution in [0.3, 0.4) is 0 Å². The number of nitrogens with two attached hydrogens (primary N) is 1. The molecule has 0 aromatic heterocycles. The number of carbonyl (C=O) groups is 1. The minimum Gasteiger partial charge on any atom is -0.480 e. The summed E-state index contributed by atoms with van der Waals surface area (Å²) in [4.78, 5) is 11.6. The molecule has 18 heavy (non-hydrogen) atoms. The average molecular weight is 250 g/mol. The Morgan fingerprint density at radius 1 is 1.33 bits per heavy atom. The molecule has 1 rings (SSSR count). The minimum atomic E-state index is -0.563. The van der Waals surface area contributed by atoms with Gasteiger partial charge in [-0.1, -0.05) is 39.3 Å². The van der Waals surface area contributed by atoms with E-state index in [1.54, 1.807) is 0 Å². The first-order chi connectivity index (χ1) is 8.58. The van der Waals surface area contributed by atoms with E-state index < -0.39 is 6.10 Å². The Morgan fingerprint density at radius 2 is 1.94 bits per heavy atom. The second-order valence-electron chi connectivity index (χ2n) is 4.69. The highest BCUT2D eigenvalue weighted by atomic mass is 16.5. The zero-order chi connectivity index (χ0) is 13.5. The summed E-state index contributed by atoms with van der Waals surface area (Å²) in [7, 11) is 0. The summed E-state index contributed by atoms with van der Waals surface area (Å²) < 4.78 is 5.67. The molecule has 0 saturated carbocycles. The number of rotatable bonds is 6. The number of hydrogen-bond acceptors (Lipinski definition) is 3. The van der Waals surface area contributed by atoms with Crippen molar-refractivity contribution in [1.82, 2.24) is 5.43 Å². The lowest BCUT2D eigenvalue weighted by Gasteiger charge is -2.20. The standard InChI is InChI=1S/C14H22N2O2/c1-4-5-11-6-8-12(9-7-11)18-13(10(2)3)14(17)16-15/h6-10,13H,4-5,15H2,1-3H3,(H,16,17). The van der Waals surface area contributed by atoms with Gasteiger partial charge in [0.05, 0.1) is 0 Å². The van der Waals surface area contributed by atoms with Crippen LogP contribution in [-0.4, -0.2) is 12.0 Å². The van der Waals surface area contributed by atoms with Gasteiger partial charge < -0.3 is 4.74 Å². The second-order valence-corrected chi connectivity index (χ2v) is 4.69. The molecule has 0 aliphatic carbocycles. The van der Waals surface area contributed by atoms with E-state index in [9.17, 15) is 4.79 Å². The van der Waals surface area contributed by atoms with Gasteiger partial charge >= 0.3 is 0 Å². The molecule has 0 radical (unpaired) electrons. The summed E-state index contributed by atoms with van der Waals surface area (Å²) in [5.41, 5.74) is 3.41. The van der Waals surface area contributed by atoms with E-state index in [1.165, 1.54) is 5.56 Å². The van der Waals surface area contributed by atoms with Gasteiger partial charge in [0.25, 0.3) is 5.91 Å². The van der Waals surface area contributed by atoms with Crippen LogP contribution in [0.4, 0.5) is 0 Å². The maximum absolute atomic E-state index is 11.6. The topological polar surface area (TPSA) is 64.3 Å². The maximum atomic E-state index is 11.6. The van der Waals surface area contributed by atoms with Crippen LogP contribution in [0.1, 0.15) is 32.8 Å². The van der Waals surface area contributed by atoms with Gasteiger partial charge in [-0.15, -0.1) is 0 Å². The molecular weight excluding hydrogens is 228 g/mol. The summed E-state index contributed by atoms with van der Waals surface area (Å²) in [6.07, 6.45) is 1.61. The maximum Gasteiger partial charge on any atom is 0.275 e. The number of nitrogens with one attached hydrogen (secondary N) is 1. The predicted octanol–water partition coefficient (Wildman–Crippen LogP) is 2.03. The highest BCUT2D eigenvalue weighted by Gasteiger charge is 2.23. The van der Waals surface area contributed by atoms with Crippen molar-refractivity contribution in [1.29, 1.82) is 0 Å². The van der Waals surface area contributed by atoms with E-state index in [4.69, 9.17) is 10.6 Å². The van der Waals surface area contributed by atoms with Crippen molar-refractivity contribution >= 4 is 5.91 Å². The fourth-order valence-electron chi connectivity index (χ4n) is 1.74. The molecule has 3 N–H and O–H groups in total. The predicted molar refractivity (Wildman–Crippen MR) is 72.0 cm³/mol. The van der Waals surface area contributed by atoms with Crippen molar-refractivity contribution in [2.24, 2.45) is 11.8 Å². The monoisotopic (exact) mass is 250 g/mol. The van der Waals surface area contributed by atoms with Crippen molar-refractivity contribution in [2.75, 3.05) is 0 Å². The molecule has 0 saturated heterocycles. The van der Waals surface area contributed by atoms with Gasteiger partial charge in [-0.3, -0.25) is 10.2 Å². The molecule has 0 heterocycles. The Morgan fingerprint density at radius 3 is 2.39 bits per heavy atom. The SMILES string of the molecule is CCCc1ccc(OC(C(=O)NN)C(C)C)cc1. The molecule has 100 valence electrons. The van der Waals surface area contributed by atoms with Crippen molar-refractivity contribution < 1.29 is 9.53 Å². The van der Waals surface area contributed by atoms with Gasteiger partial charge in [0.15, 0.2) is 6.10 Å². The number of hydrazine groups is 1. The number of carbonyl (C=O) groups excluding carboxylic acids is 1. The van der Waals surface area contributed by atoms with E-state index in [0.29, 0.717) is 5.75 Å². The molecule has 0 fully saturated rings. The largest absolute Gasteiger partial charge is 0.480 e. The summed E-state index contributed by atoms with van der Waals surface area (Å²) in [6.45, 7) is 5.99. The van der Waals surface area contributed by atoms with Crippen LogP contribution in [0.2, 0.25) is 0 Å². The molecule has 1 aromatic rings. The van der Waals surface area contributed by atoms with Crippen LogP contribution in [-0.2, 0) is 11.2 Å². The van der Waals surface area contributed by atoms with Gasteiger partial charge in [-0.05, 0) is 30.0 Å². The Labute approximate surface area is 108 Å². The first-order valence-electron chi connectivity index (χ1n) is 6.34. The molecule has 1 unspecified atom stereocenters. The molecule has 0 aliphatic heterocycles. The fraction of sp³-hybridized carbons (Fsp3) is 0.500. The van der Waals surface area contributed by atoms with Crippen LogP contribution < -0.4 is 16.0 Å². The second kappa shape index (κ2) is 7.01. The zero-order valence-corrected chi connectivity index (χ0v) is 11.3. The third-order valence-corrected chi connectivity index (χ3v) is 2.73. The lowest BCUT2D eigenvalue weighted by atomic mass is 10.1. The van der Waals surface area contributed by atoms with Crippen molar-refractivity contribution in [3.8, 4) is 5.75 Å². The number of aryl methyl sites for hydroxylation is 1. The molecule has 4 nitrogen and oxygen atoms in total. The number of ether oxygens (including phenoxy) is 1. The van der Waals surface area contributed by atoms with Crippen LogP contribution in [0.15, 0.2) is 24.3 Å². The van der Waals surface area contributed by atoms with Gasteiger partial charge in [0.2, 0.25) is 0 Å². The molecule has 1 atom stereocenters. The molecule has 4 heteroatoms. The summed E-state index contributed by atoms with van der Waals surface area (Å²) in [6, 6.07) is 7.83. The normalized spacial score (nSPS) is 12.3. The van der Waals surface area contributed by atoms with Crippen LogP contribution >= 0.6 is 0 Å². The van der Waals surface area contributed by atoms with Crippen LogP contribution in [0.5, 0.6) is 5.75 Å². The molecule has 1 amide bonds. The molecule has 0 spiro atoms. The van der Waals surface area contributed by atoms with Gasteiger partial charge in [-0.2, -0.15) is 0 Å². The summed E-state index contributed by atoms with van der Waals surface area (Å²) in [5.74, 6) is 5.60. The number of hydrogen-bond donors (Lipinski definition) is 2. The van der Waals surface area contributed by atoms with Gasteiger partial charge in [0.1, 0.15) is 5.75 Å². The Kier molecular flexibility index (Phi) is 5.65. The van der Waals surface area contributed by atoms with Crippen molar-refractivity contribution in [2.45, 2.75) is 39.7 Å². The van der Waals surface area contributed by atoms with Crippen molar-refractivity contribution in [3.63, 3.8) is 0 Å². The molecular formula is C14H22N2O2. The lowest BCUT2D eigenvalue weighted by Crippen LogP contribution is -2.44. The third kappa shape index (κ3) is 4.04. The van der Waals surface area contributed by atoms with Crippen LogP contribution in [0, 0.1) is 5.92 Å². The van der Waals surface area contributed by atoms with Gasteiger partial charge in [0, 0.05) is 0 Å². The third-order valence-electron chi connectivity index (χ3n) is 2.73. The quantitative estimate of drug-likeness (QED) is 0.461. The highest BCUT2D eigenvalue weighted by Crippen LogP contribution is 2.17. The minimum absolute atomic E-state index is 0.0591. The van der Waals surface area contributed by atoms with E-state index in [1.807, 2.05) is 38.1 Å². The average Bonchev–Trinajstić information content (AvgIpc) is 2.37. The van der Waals surface area contributed by atoms with Gasteiger partial charge in [-0.25, -0.2) is 5.84 Å². The van der Waals surface area contributed by atoms with E-state index >= 15 is 0 Å². The van der Waals surface area contributed by atoms with Crippen LogP contribution in [0.25, 0.3) is 0 Å². The first-order valence-corrected chi connectivity index (χ1v) is 6.34. The Balaban J connectivity index is 2.72. The lowest BCUT2D eigenvalue weighted by molar-refractivity contribution is -0.129. The van der Waals surface area contributed by atoms with E-state index in [2.05, 4.69) is 12.3 Å². The fourth-order valence-corrected chi connectivity index (χ4v) is 1.74. The summed E-state index contributed by atoms with van der Waals surface area (Å²) >= 11 is 0. The smallest absolute Gasteiger partial charge is 0.275 e. The Bertz CT molecular complexity index is 374. The van der Waals surface area contributed by atoms with Crippen molar-refractivity contribution in [3.05, 3.63) is 29.8 Å². The highest BCUT2D eigenvalue weighted by molar-refractivity contribution is 5.80. The zero-order valence-electron chi connectivity index (χ0n) is 11.3. The molecule has 0 aliphatic rings. The Hall–Kier alpha value is -1.55.